The first-order valence-electron chi connectivity index (χ1n) is 23.5. The minimum atomic E-state index is -4.95. The van der Waals surface area contributed by atoms with Crippen molar-refractivity contribution in [3.05, 3.63) is 117 Å². The van der Waals surface area contributed by atoms with E-state index in [0.29, 0.717) is 41.5 Å². The number of amidine groups is 2. The molecule has 0 bridgehead atoms. The third-order valence-corrected chi connectivity index (χ3v) is 13.5. The van der Waals surface area contributed by atoms with Crippen molar-refractivity contribution in [3.8, 4) is 17.0 Å². The van der Waals surface area contributed by atoms with Gasteiger partial charge in [0, 0.05) is 53.7 Å². The van der Waals surface area contributed by atoms with Crippen molar-refractivity contribution >= 4 is 75.8 Å². The Hall–Kier alpha value is -7.49. The van der Waals surface area contributed by atoms with E-state index in [9.17, 15) is 56.1 Å². The van der Waals surface area contributed by atoms with E-state index in [4.69, 9.17) is 43.1 Å². The smallest absolute Gasteiger partial charge is 0.418 e. The molecule has 1 saturated carbocycles. The second kappa shape index (κ2) is 22.2. The summed E-state index contributed by atoms with van der Waals surface area (Å²) in [5.41, 5.74) is 5.02. The molecule has 0 spiro atoms. The Labute approximate surface area is 442 Å². The number of nitrogens with one attached hydrogen (secondary N) is 3. The molecular weight excluding hydrogens is 1070 g/mol. The van der Waals surface area contributed by atoms with Crippen LogP contribution < -0.4 is 26.4 Å². The van der Waals surface area contributed by atoms with Gasteiger partial charge in [-0.2, -0.15) is 13.2 Å². The number of alkyl halides is 3. The van der Waals surface area contributed by atoms with Gasteiger partial charge in [-0.15, -0.1) is 5.10 Å². The Morgan fingerprint density at radius 1 is 1.04 bits per heavy atom. The van der Waals surface area contributed by atoms with Crippen molar-refractivity contribution < 1.29 is 70.3 Å². The van der Waals surface area contributed by atoms with E-state index in [2.05, 4.69) is 41.2 Å². The normalized spacial score (nSPS) is 23.8. The SMILES string of the molecule is CC(N)=NC(=Nc1cc(Cl)ccc1C(F)(F)F)[C@@H]1O[C@H](CO)[C@H](O)[C@H](n2cc(-c3cc(F)c(Cl)c(F)c3)nn2)[C@H]1OCC(=O)NC1CC(Oc2ccc(C(=O)Nc3ccc4c(c3)C(=O)N(C3CCC(=O)NC3=O)C4)nc2)C1. The minimum Gasteiger partial charge on any atom is -0.489 e. The maximum absolute atomic E-state index is 14.5. The number of amides is 5. The first-order valence-corrected chi connectivity index (χ1v) is 24.3. The number of aliphatic imine (C=N–C) groups is 2. The van der Waals surface area contributed by atoms with Crippen LogP contribution >= 0.6 is 23.2 Å². The molecule has 4 aliphatic rings. The maximum atomic E-state index is 14.5. The third-order valence-electron chi connectivity index (χ3n) is 12.9. The number of nitrogens with zero attached hydrogens (tertiary/aromatic N) is 7. The van der Waals surface area contributed by atoms with Gasteiger partial charge in [-0.25, -0.2) is 28.4 Å². The number of benzene rings is 3. The van der Waals surface area contributed by atoms with Crippen LogP contribution in [0.4, 0.5) is 33.3 Å². The Kier molecular flexibility index (Phi) is 15.7. The molecule has 404 valence electrons. The molecule has 1 aliphatic carbocycles. The maximum Gasteiger partial charge on any atom is 0.418 e. The second-order valence-corrected chi connectivity index (χ2v) is 19.1. The van der Waals surface area contributed by atoms with Gasteiger partial charge in [0.05, 0.1) is 36.1 Å². The number of nitrogens with two attached hydrogens (primary N) is 1. The molecule has 5 amide bonds. The highest BCUT2D eigenvalue weighted by Crippen LogP contribution is 2.40. The zero-order valence-electron chi connectivity index (χ0n) is 40.0. The molecule has 3 aromatic carbocycles. The zero-order valence-corrected chi connectivity index (χ0v) is 41.5. The summed E-state index contributed by atoms with van der Waals surface area (Å²) in [5, 5.41) is 37.0. The number of carbonyl (C=O) groups excluding carboxylic acids is 5. The molecule has 5 aromatic rings. The number of hydrogen-bond donors (Lipinski definition) is 6. The van der Waals surface area contributed by atoms with Crippen molar-refractivity contribution in [3.63, 3.8) is 0 Å². The van der Waals surface area contributed by atoms with Crippen LogP contribution in [-0.2, 0) is 36.6 Å². The van der Waals surface area contributed by atoms with Crippen LogP contribution in [0.25, 0.3) is 11.3 Å². The number of piperidine rings is 1. The standard InChI is InChI=1S/C49H44Cl2F5N11O10/c1-21(57)59-45(62-34-12-24(50)3-6-30(34)49(54,55)56)44-43(41(42(71)37(19-68)77-44)67-18-35(64-65-67)23-10-31(52)40(51)32(53)11-23)75-20-39(70)60-26-13-28(14-26)76-27-5-7-33(58-16-27)46(72)61-25-4-2-22-17-66(48(74)29(22)15-25)36-8-9-38(69)63-47(36)73/h2-7,10-12,15-16,18,26,28,36-37,41-44,68,71H,8-9,13-14,17,19-20H2,1H3,(H,60,70)(H,61,72)(H2,57,59,62)(H,63,69,73)/t26?,28?,36?,37-,41+,42+,43-,44-/m1/s1. The lowest BCUT2D eigenvalue weighted by Gasteiger charge is -2.43. The highest BCUT2D eigenvalue weighted by molar-refractivity contribution is 6.31. The number of aliphatic hydroxyl groups excluding tert-OH is 2. The summed E-state index contributed by atoms with van der Waals surface area (Å²) in [7, 11) is 0. The molecule has 3 fully saturated rings. The summed E-state index contributed by atoms with van der Waals surface area (Å²) in [6, 6.07) is 9.32. The van der Waals surface area contributed by atoms with Gasteiger partial charge in [-0.3, -0.25) is 29.3 Å². The van der Waals surface area contributed by atoms with Gasteiger partial charge in [-0.05, 0) is 73.5 Å². The summed E-state index contributed by atoms with van der Waals surface area (Å²) in [6.45, 7) is -0.211. The monoisotopic (exact) mass is 1110 g/mol. The average molecular weight is 1110 g/mol. The Bertz CT molecular complexity index is 3190. The van der Waals surface area contributed by atoms with Crippen molar-refractivity contribution in [1.29, 1.82) is 0 Å². The highest BCUT2D eigenvalue weighted by Gasteiger charge is 2.50. The fourth-order valence-corrected chi connectivity index (χ4v) is 9.44. The quantitative estimate of drug-likeness (QED) is 0.0286. The third kappa shape index (κ3) is 11.9. The van der Waals surface area contributed by atoms with Crippen molar-refractivity contribution in [2.45, 2.75) is 94.0 Å². The van der Waals surface area contributed by atoms with Crippen LogP contribution in [-0.4, -0.2) is 132 Å². The molecule has 6 atom stereocenters. The van der Waals surface area contributed by atoms with Crippen molar-refractivity contribution in [2.24, 2.45) is 15.7 Å². The van der Waals surface area contributed by atoms with Crippen LogP contribution in [0.1, 0.15) is 70.6 Å². The fraction of sp³-hybridized carbons (Fsp3) is 0.347. The lowest BCUT2D eigenvalue weighted by atomic mass is 9.89. The molecule has 0 radical (unpaired) electrons. The summed E-state index contributed by atoms with van der Waals surface area (Å²) in [5.74, 6) is -5.38. The molecule has 3 aliphatic heterocycles. The lowest BCUT2D eigenvalue weighted by Crippen LogP contribution is -2.59. The van der Waals surface area contributed by atoms with E-state index < -0.39 is 131 Å². The molecule has 1 unspecified atom stereocenters. The molecule has 5 heterocycles. The van der Waals surface area contributed by atoms with Gasteiger partial charge in [0.2, 0.25) is 17.7 Å². The molecule has 9 rings (SSSR count). The second-order valence-electron chi connectivity index (χ2n) is 18.3. The zero-order chi connectivity index (χ0) is 55.0. The van der Waals surface area contributed by atoms with E-state index in [1.54, 1.807) is 12.1 Å². The van der Waals surface area contributed by atoms with Crippen LogP contribution in [0.2, 0.25) is 10.0 Å². The Morgan fingerprint density at radius 3 is 2.47 bits per heavy atom. The topological polar surface area (TPSA) is 287 Å². The first kappa shape index (κ1) is 54.3. The van der Waals surface area contributed by atoms with Gasteiger partial charge in [0.15, 0.2) is 5.84 Å². The number of anilines is 1. The average Bonchev–Trinajstić information content (AvgIpc) is 3.99. The van der Waals surface area contributed by atoms with Gasteiger partial charge >= 0.3 is 6.18 Å². The largest absolute Gasteiger partial charge is 0.489 e. The highest BCUT2D eigenvalue weighted by atomic mass is 35.5. The predicted octanol–water partition coefficient (Wildman–Crippen LogP) is 4.84. The Balaban J connectivity index is 0.866. The van der Waals surface area contributed by atoms with Gasteiger partial charge < -0.3 is 45.7 Å². The molecular formula is C49H44Cl2F5N11O10. The van der Waals surface area contributed by atoms with Gasteiger partial charge in [-0.1, -0.05) is 34.5 Å². The van der Waals surface area contributed by atoms with Gasteiger partial charge in [0.1, 0.15) is 83.0 Å². The first-order chi connectivity index (χ1) is 36.6. The van der Waals surface area contributed by atoms with Gasteiger partial charge in [0.25, 0.3) is 11.8 Å². The number of imide groups is 1. The number of hydrogen-bond acceptors (Lipinski definition) is 14. The number of carbonyl (C=O) groups is 5. The summed E-state index contributed by atoms with van der Waals surface area (Å²) < 4.78 is 91.1. The van der Waals surface area contributed by atoms with Crippen molar-refractivity contribution in [1.82, 2.24) is 35.5 Å². The molecule has 28 heteroatoms. The van der Waals surface area contributed by atoms with Crippen LogP contribution in [0.15, 0.2) is 83.0 Å². The van der Waals surface area contributed by atoms with E-state index >= 15 is 0 Å². The number of aliphatic hydroxyl groups is 2. The number of aromatic nitrogens is 4. The predicted molar refractivity (Wildman–Crippen MR) is 262 cm³/mol. The van der Waals surface area contributed by atoms with Crippen molar-refractivity contribution in [2.75, 3.05) is 18.5 Å². The molecule has 77 heavy (non-hydrogen) atoms. The number of pyridine rings is 1. The number of halogens is 7. The van der Waals surface area contributed by atoms with E-state index in [-0.39, 0.29) is 47.2 Å². The van der Waals surface area contributed by atoms with E-state index in [1.807, 2.05) is 0 Å². The number of ether oxygens (including phenoxy) is 3. The number of rotatable bonds is 14. The molecule has 21 nitrogen and oxygen atoms in total. The van der Waals surface area contributed by atoms with Crippen LogP contribution in [0.3, 0.4) is 0 Å². The summed E-state index contributed by atoms with van der Waals surface area (Å²) in [6.07, 6.45) is -8.65. The van der Waals surface area contributed by atoms with Crippen LogP contribution in [0, 0.1) is 11.6 Å². The summed E-state index contributed by atoms with van der Waals surface area (Å²) >= 11 is 11.8. The van der Waals surface area contributed by atoms with Crippen LogP contribution in [0.5, 0.6) is 5.75 Å². The molecule has 2 aromatic heterocycles. The molecule has 2 saturated heterocycles. The summed E-state index contributed by atoms with van der Waals surface area (Å²) in [4.78, 5) is 78.0. The Morgan fingerprint density at radius 2 is 1.79 bits per heavy atom. The minimum absolute atomic E-state index is 0.0239. The lowest BCUT2D eigenvalue weighted by molar-refractivity contribution is -0.200. The van der Waals surface area contributed by atoms with E-state index in [1.165, 1.54) is 36.2 Å². The number of fused-ring (bicyclic) bond motifs is 1. The van der Waals surface area contributed by atoms with E-state index in [0.717, 1.165) is 35.1 Å². The fourth-order valence-electron chi connectivity index (χ4n) is 9.17. The molecule has 7 N–H and O–H groups in total.